The van der Waals surface area contributed by atoms with Gasteiger partial charge in [-0.1, -0.05) is 6.07 Å². The molecule has 2 heterocycles. The summed E-state index contributed by atoms with van der Waals surface area (Å²) in [4.78, 5) is 23.6. The molecule has 4 rings (SSSR count). The minimum Gasteiger partial charge on any atom is -0.479 e. The molecule has 6 N–H and O–H groups in total. The van der Waals surface area contributed by atoms with Gasteiger partial charge in [-0.25, -0.2) is 9.18 Å². The van der Waals surface area contributed by atoms with E-state index in [-0.39, 0.29) is 30.1 Å². The lowest BCUT2D eigenvalue weighted by Crippen LogP contribution is -2.67. The standard InChI is InChI=1S/C22H26FNO11/c1-8(21(29)24-14-15(26)17(28)20-19(16(14)27)32-7-33-20)4-9-2-3-12(10(23)5-9)34-13-6-11(25)18(35-13)22(30)31/h2-5,11,13-20,25-28H,6-7H2,1H3,(H,24,29)(H,30,31)/t11-,13+,14+,15-,16+,17+,18-,19-,20+/m0/s1. The third-order valence-corrected chi connectivity index (χ3v) is 6.18. The Bertz CT molecular complexity index is 1000. The first-order valence-electron chi connectivity index (χ1n) is 10.9. The second kappa shape index (κ2) is 10.1. The molecular weight excluding hydrogens is 473 g/mol. The van der Waals surface area contributed by atoms with Crippen molar-refractivity contribution in [3.05, 3.63) is 35.2 Å². The maximum absolute atomic E-state index is 14.5. The number of nitrogens with one attached hydrogen (secondary N) is 1. The summed E-state index contributed by atoms with van der Waals surface area (Å²) < 4.78 is 35.3. The first-order valence-corrected chi connectivity index (χ1v) is 10.9. The summed E-state index contributed by atoms with van der Waals surface area (Å²) in [5, 5.41) is 52.1. The molecule has 1 aromatic carbocycles. The summed E-state index contributed by atoms with van der Waals surface area (Å²) in [6, 6.07) is 2.55. The molecule has 0 unspecified atom stereocenters. The van der Waals surface area contributed by atoms with E-state index in [9.17, 15) is 34.4 Å². The molecule has 0 aromatic heterocycles. The molecule has 1 amide bonds. The van der Waals surface area contributed by atoms with E-state index in [1.807, 2.05) is 0 Å². The number of benzene rings is 1. The summed E-state index contributed by atoms with van der Waals surface area (Å²) in [6.07, 6.45) is -8.74. The molecule has 13 heteroatoms. The van der Waals surface area contributed by atoms with Crippen molar-refractivity contribution in [2.45, 2.75) is 68.4 Å². The minimum absolute atomic E-state index is 0.115. The van der Waals surface area contributed by atoms with E-state index in [2.05, 4.69) is 5.32 Å². The van der Waals surface area contributed by atoms with Crippen LogP contribution in [0.4, 0.5) is 4.39 Å². The van der Waals surface area contributed by atoms with Crippen LogP contribution in [-0.4, -0.2) is 99.3 Å². The first-order chi connectivity index (χ1) is 16.6. The van der Waals surface area contributed by atoms with Crippen molar-refractivity contribution in [2.75, 3.05) is 6.79 Å². The van der Waals surface area contributed by atoms with E-state index in [0.29, 0.717) is 0 Å². The first kappa shape index (κ1) is 25.4. The van der Waals surface area contributed by atoms with Gasteiger partial charge in [0, 0.05) is 12.0 Å². The number of fused-ring (bicyclic) bond motifs is 1. The van der Waals surface area contributed by atoms with Gasteiger partial charge in [0.1, 0.15) is 37.3 Å². The van der Waals surface area contributed by atoms with Crippen LogP contribution in [0.2, 0.25) is 0 Å². The highest BCUT2D eigenvalue weighted by Gasteiger charge is 2.53. The number of carboxylic acid groups (broad SMARTS) is 1. The number of rotatable bonds is 6. The number of carboxylic acids is 1. The van der Waals surface area contributed by atoms with Crippen LogP contribution in [0.5, 0.6) is 5.75 Å². The Kier molecular flexibility index (Phi) is 7.38. The largest absolute Gasteiger partial charge is 0.479 e. The van der Waals surface area contributed by atoms with E-state index in [0.717, 1.165) is 6.07 Å². The molecule has 1 saturated carbocycles. The Hall–Kier alpha value is -2.65. The van der Waals surface area contributed by atoms with Crippen molar-refractivity contribution in [1.82, 2.24) is 5.32 Å². The number of carbonyl (C=O) groups excluding carboxylic acids is 1. The molecule has 2 saturated heterocycles. The third kappa shape index (κ3) is 5.16. The topological polar surface area (TPSA) is 184 Å². The molecule has 35 heavy (non-hydrogen) atoms. The van der Waals surface area contributed by atoms with Gasteiger partial charge in [-0.15, -0.1) is 0 Å². The van der Waals surface area contributed by atoms with Crippen molar-refractivity contribution < 1.29 is 58.5 Å². The van der Waals surface area contributed by atoms with Gasteiger partial charge in [0.2, 0.25) is 12.2 Å². The summed E-state index contributed by atoms with van der Waals surface area (Å²) >= 11 is 0. The molecule has 1 aromatic rings. The zero-order valence-corrected chi connectivity index (χ0v) is 18.5. The Morgan fingerprint density at radius 2 is 1.80 bits per heavy atom. The van der Waals surface area contributed by atoms with Crippen LogP contribution >= 0.6 is 0 Å². The van der Waals surface area contributed by atoms with Crippen molar-refractivity contribution in [3.63, 3.8) is 0 Å². The highest BCUT2D eigenvalue weighted by Crippen LogP contribution is 2.30. The highest BCUT2D eigenvalue weighted by atomic mass is 19.1. The lowest BCUT2D eigenvalue weighted by Gasteiger charge is -2.41. The number of hydrogen-bond acceptors (Lipinski definition) is 10. The van der Waals surface area contributed by atoms with Crippen LogP contribution in [0, 0.1) is 5.82 Å². The SMILES string of the molecule is CC(=Cc1ccc(O[C@H]2C[C@H](O)[C@@H](C(=O)O)O2)c(F)c1)C(=O)N[C@@H]1[C@H](O)[C@@H](O)[C@H]2OCO[C@H]2[C@@H]1O. The fourth-order valence-corrected chi connectivity index (χ4v) is 4.31. The lowest BCUT2D eigenvalue weighted by molar-refractivity contribution is -0.160. The van der Waals surface area contributed by atoms with Gasteiger partial charge in [0.25, 0.3) is 0 Å². The molecule has 2 aliphatic heterocycles. The number of halogens is 1. The Balaban J connectivity index is 1.40. The maximum Gasteiger partial charge on any atom is 0.335 e. The number of amides is 1. The van der Waals surface area contributed by atoms with Gasteiger partial charge in [-0.2, -0.15) is 0 Å². The number of aliphatic hydroxyl groups is 4. The van der Waals surface area contributed by atoms with Crippen molar-refractivity contribution in [2.24, 2.45) is 0 Å². The zero-order valence-electron chi connectivity index (χ0n) is 18.5. The molecule has 0 spiro atoms. The maximum atomic E-state index is 14.5. The highest BCUT2D eigenvalue weighted by molar-refractivity contribution is 5.97. The van der Waals surface area contributed by atoms with Crippen molar-refractivity contribution in [1.29, 1.82) is 0 Å². The van der Waals surface area contributed by atoms with E-state index >= 15 is 0 Å². The molecule has 0 radical (unpaired) electrons. The zero-order chi connectivity index (χ0) is 25.4. The normalized spacial score (nSPS) is 37.1. The molecule has 3 aliphatic rings. The molecule has 1 aliphatic carbocycles. The predicted molar refractivity (Wildman–Crippen MR) is 112 cm³/mol. The predicted octanol–water partition coefficient (Wildman–Crippen LogP) is -1.51. The second-order valence-corrected chi connectivity index (χ2v) is 8.61. The van der Waals surface area contributed by atoms with Crippen LogP contribution in [0.15, 0.2) is 23.8 Å². The quantitative estimate of drug-likeness (QED) is 0.250. The van der Waals surface area contributed by atoms with Gasteiger partial charge < -0.3 is 49.8 Å². The average molecular weight is 499 g/mol. The number of aliphatic hydroxyl groups excluding tert-OH is 4. The number of carbonyl (C=O) groups is 2. The molecule has 192 valence electrons. The fourth-order valence-electron chi connectivity index (χ4n) is 4.31. The van der Waals surface area contributed by atoms with Crippen LogP contribution in [0.25, 0.3) is 6.08 Å². The fraction of sp³-hybridized carbons (Fsp3) is 0.545. The van der Waals surface area contributed by atoms with E-state index < -0.39 is 72.8 Å². The molecule has 0 bridgehead atoms. The van der Waals surface area contributed by atoms with Crippen molar-refractivity contribution >= 4 is 18.0 Å². The van der Waals surface area contributed by atoms with E-state index in [1.165, 1.54) is 25.1 Å². The minimum atomic E-state index is -1.50. The van der Waals surface area contributed by atoms with E-state index in [4.69, 9.17) is 24.1 Å². The van der Waals surface area contributed by atoms with Gasteiger partial charge in [0.15, 0.2) is 17.7 Å². The molecular formula is C22H26FNO11. The summed E-state index contributed by atoms with van der Waals surface area (Å²) in [7, 11) is 0. The lowest BCUT2D eigenvalue weighted by atomic mass is 9.83. The van der Waals surface area contributed by atoms with Crippen LogP contribution in [0.1, 0.15) is 18.9 Å². The summed E-state index contributed by atoms with van der Waals surface area (Å²) in [6.45, 7) is 1.28. The Morgan fingerprint density at radius 3 is 2.43 bits per heavy atom. The molecule has 3 fully saturated rings. The monoisotopic (exact) mass is 499 g/mol. The summed E-state index contributed by atoms with van der Waals surface area (Å²) in [5.41, 5.74) is 0.403. The summed E-state index contributed by atoms with van der Waals surface area (Å²) in [5.74, 6) is -3.07. The Labute approximate surface area is 198 Å². The third-order valence-electron chi connectivity index (χ3n) is 6.18. The van der Waals surface area contributed by atoms with Gasteiger partial charge in [-0.05, 0) is 30.7 Å². The van der Waals surface area contributed by atoms with Gasteiger partial charge in [0.05, 0.1) is 12.1 Å². The van der Waals surface area contributed by atoms with Crippen LogP contribution in [0.3, 0.4) is 0 Å². The van der Waals surface area contributed by atoms with Gasteiger partial charge in [-0.3, -0.25) is 4.79 Å². The smallest absolute Gasteiger partial charge is 0.335 e. The van der Waals surface area contributed by atoms with Crippen LogP contribution in [-0.2, 0) is 23.8 Å². The van der Waals surface area contributed by atoms with Crippen molar-refractivity contribution in [3.8, 4) is 5.75 Å². The van der Waals surface area contributed by atoms with Gasteiger partial charge >= 0.3 is 5.97 Å². The second-order valence-electron chi connectivity index (χ2n) is 8.61. The average Bonchev–Trinajstić information content (AvgIpc) is 3.44. The van der Waals surface area contributed by atoms with E-state index in [1.54, 1.807) is 0 Å². The number of hydrogen-bond donors (Lipinski definition) is 6. The Morgan fingerprint density at radius 1 is 1.11 bits per heavy atom. The number of aliphatic carboxylic acids is 1. The molecule has 12 nitrogen and oxygen atoms in total. The van der Waals surface area contributed by atoms with Crippen LogP contribution < -0.4 is 10.1 Å². The molecule has 9 atom stereocenters. The number of ether oxygens (including phenoxy) is 4.